The molecule has 2 aromatic rings. The lowest BCUT2D eigenvalue weighted by Crippen LogP contribution is -2.17. The van der Waals surface area contributed by atoms with Crippen molar-refractivity contribution in [2.24, 2.45) is 0 Å². The molecule has 3 N–H and O–H groups in total. The number of nitrogens with one attached hydrogen (secondary N) is 1. The summed E-state index contributed by atoms with van der Waals surface area (Å²) in [6, 6.07) is 9.58. The molecule has 0 saturated carbocycles. The molecule has 2 rings (SSSR count). The van der Waals surface area contributed by atoms with E-state index in [-0.39, 0.29) is 17.0 Å². The molecule has 0 spiro atoms. The van der Waals surface area contributed by atoms with Crippen molar-refractivity contribution in [2.45, 2.75) is 6.92 Å². The highest BCUT2D eigenvalue weighted by Crippen LogP contribution is 2.27. The molecular formula is C16H13NO7. The van der Waals surface area contributed by atoms with Crippen molar-refractivity contribution in [1.82, 2.24) is 0 Å². The predicted octanol–water partition coefficient (Wildman–Crippen LogP) is 2.63. The van der Waals surface area contributed by atoms with Gasteiger partial charge in [-0.05, 0) is 36.4 Å². The number of hydrogen-bond acceptors (Lipinski definition) is 6. The van der Waals surface area contributed by atoms with Gasteiger partial charge in [0, 0.05) is 6.92 Å². The number of aromatic carboxylic acids is 1. The van der Waals surface area contributed by atoms with Crippen molar-refractivity contribution >= 4 is 23.7 Å². The average molecular weight is 331 g/mol. The first-order valence-electron chi connectivity index (χ1n) is 6.69. The Labute approximate surface area is 136 Å². The highest BCUT2D eigenvalue weighted by atomic mass is 16.6. The fourth-order valence-electron chi connectivity index (χ4n) is 1.80. The lowest BCUT2D eigenvalue weighted by atomic mass is 10.2. The summed E-state index contributed by atoms with van der Waals surface area (Å²) in [7, 11) is 0. The topological polar surface area (TPSA) is 122 Å². The Balaban J connectivity index is 2.05. The third-order valence-corrected chi connectivity index (χ3v) is 2.80. The molecule has 0 heterocycles. The van der Waals surface area contributed by atoms with Crippen LogP contribution >= 0.6 is 0 Å². The van der Waals surface area contributed by atoms with Gasteiger partial charge in [-0.15, -0.1) is 0 Å². The summed E-state index contributed by atoms with van der Waals surface area (Å²) >= 11 is 0. The largest absolute Gasteiger partial charge is 0.505 e. The predicted molar refractivity (Wildman–Crippen MR) is 82.5 cm³/mol. The van der Waals surface area contributed by atoms with E-state index in [9.17, 15) is 19.5 Å². The Morgan fingerprint density at radius 3 is 2.08 bits per heavy atom. The van der Waals surface area contributed by atoms with E-state index < -0.39 is 23.8 Å². The number of esters is 1. The second-order valence-corrected chi connectivity index (χ2v) is 4.59. The number of carbonyl (C=O) groups is 3. The molecule has 24 heavy (non-hydrogen) atoms. The zero-order valence-corrected chi connectivity index (χ0v) is 12.5. The van der Waals surface area contributed by atoms with Gasteiger partial charge in [0.1, 0.15) is 17.1 Å². The van der Waals surface area contributed by atoms with Crippen LogP contribution in [0.5, 0.6) is 17.2 Å². The lowest BCUT2D eigenvalue weighted by molar-refractivity contribution is -0.131. The molecule has 0 aliphatic rings. The minimum absolute atomic E-state index is 0.101. The van der Waals surface area contributed by atoms with Crippen LogP contribution in [0.1, 0.15) is 17.3 Å². The molecule has 0 fully saturated rings. The molecule has 0 aliphatic heterocycles. The van der Waals surface area contributed by atoms with Gasteiger partial charge in [0.05, 0.1) is 5.69 Å². The molecule has 0 aliphatic carbocycles. The number of carboxylic acids is 1. The maximum absolute atomic E-state index is 11.8. The summed E-state index contributed by atoms with van der Waals surface area (Å²) in [6.07, 6.45) is -0.923. The van der Waals surface area contributed by atoms with E-state index in [0.29, 0.717) is 5.75 Å². The van der Waals surface area contributed by atoms with Crippen LogP contribution in [0.15, 0.2) is 42.5 Å². The molecule has 2 aromatic carbocycles. The van der Waals surface area contributed by atoms with Crippen LogP contribution in [0.3, 0.4) is 0 Å². The smallest absolute Gasteiger partial charge is 0.417 e. The quantitative estimate of drug-likeness (QED) is 0.447. The molecule has 0 bridgehead atoms. The number of para-hydroxylation sites is 1. The van der Waals surface area contributed by atoms with E-state index in [4.69, 9.17) is 14.6 Å². The SMILES string of the molecule is CC(=O)Oc1ccc(OC(=O)Nc2cccc(C(=O)O)c2O)cc1. The molecule has 8 heteroatoms. The fourth-order valence-corrected chi connectivity index (χ4v) is 1.80. The number of benzene rings is 2. The van der Waals surface area contributed by atoms with Crippen molar-refractivity contribution < 1.29 is 34.1 Å². The zero-order valence-electron chi connectivity index (χ0n) is 12.5. The van der Waals surface area contributed by atoms with Crippen molar-refractivity contribution in [2.75, 3.05) is 5.32 Å². The summed E-state index contributed by atoms with van der Waals surface area (Å²) in [5, 5.41) is 20.9. The number of hydrogen-bond donors (Lipinski definition) is 3. The van der Waals surface area contributed by atoms with Crippen LogP contribution in [0.4, 0.5) is 10.5 Å². The first kappa shape index (κ1) is 16.8. The molecule has 0 saturated heterocycles. The number of carbonyl (C=O) groups excluding carboxylic acids is 2. The maximum Gasteiger partial charge on any atom is 0.417 e. The van der Waals surface area contributed by atoms with Crippen molar-refractivity contribution in [3.05, 3.63) is 48.0 Å². The number of aromatic hydroxyl groups is 1. The molecule has 0 radical (unpaired) electrons. The van der Waals surface area contributed by atoms with E-state index >= 15 is 0 Å². The number of anilines is 1. The summed E-state index contributed by atoms with van der Waals surface area (Å²) < 4.78 is 9.82. The van der Waals surface area contributed by atoms with Gasteiger partial charge < -0.3 is 19.7 Å². The Hall–Kier alpha value is -3.55. The maximum atomic E-state index is 11.8. The summed E-state index contributed by atoms with van der Waals surface area (Å²) in [5.41, 5.74) is -0.449. The van der Waals surface area contributed by atoms with Gasteiger partial charge in [0.15, 0.2) is 5.75 Å². The minimum Gasteiger partial charge on any atom is -0.505 e. The van der Waals surface area contributed by atoms with Crippen LogP contribution in [0.2, 0.25) is 0 Å². The summed E-state index contributed by atoms with van der Waals surface area (Å²) in [4.78, 5) is 33.5. The van der Waals surface area contributed by atoms with E-state index in [0.717, 1.165) is 0 Å². The van der Waals surface area contributed by atoms with Gasteiger partial charge in [0.2, 0.25) is 0 Å². The lowest BCUT2D eigenvalue weighted by Gasteiger charge is -2.10. The molecule has 1 amide bonds. The molecule has 0 aromatic heterocycles. The third kappa shape index (κ3) is 4.23. The Bertz CT molecular complexity index is 784. The summed E-state index contributed by atoms with van der Waals surface area (Å²) in [5.74, 6) is -1.92. The summed E-state index contributed by atoms with van der Waals surface area (Å²) in [6.45, 7) is 1.26. The van der Waals surface area contributed by atoms with Crippen molar-refractivity contribution in [1.29, 1.82) is 0 Å². The fraction of sp³-hybridized carbons (Fsp3) is 0.0625. The van der Waals surface area contributed by atoms with Gasteiger partial charge in [-0.1, -0.05) is 6.07 Å². The number of amides is 1. The van der Waals surface area contributed by atoms with Crippen LogP contribution in [0, 0.1) is 0 Å². The van der Waals surface area contributed by atoms with Gasteiger partial charge in [-0.2, -0.15) is 0 Å². The molecule has 0 atom stereocenters. The number of ether oxygens (including phenoxy) is 2. The van der Waals surface area contributed by atoms with Gasteiger partial charge in [-0.3, -0.25) is 10.1 Å². The zero-order chi connectivity index (χ0) is 17.7. The Morgan fingerprint density at radius 1 is 0.958 bits per heavy atom. The number of carboxylic acid groups (broad SMARTS) is 1. The monoisotopic (exact) mass is 331 g/mol. The van der Waals surface area contributed by atoms with Crippen molar-refractivity contribution in [3.8, 4) is 17.2 Å². The van der Waals surface area contributed by atoms with Crippen molar-refractivity contribution in [3.63, 3.8) is 0 Å². The third-order valence-electron chi connectivity index (χ3n) is 2.80. The van der Waals surface area contributed by atoms with Gasteiger partial charge >= 0.3 is 18.0 Å². The van der Waals surface area contributed by atoms with Crippen LogP contribution < -0.4 is 14.8 Å². The van der Waals surface area contributed by atoms with Crippen LogP contribution in [0.25, 0.3) is 0 Å². The molecule has 0 unspecified atom stereocenters. The molecular weight excluding hydrogens is 318 g/mol. The van der Waals surface area contributed by atoms with Crippen LogP contribution in [-0.2, 0) is 4.79 Å². The Morgan fingerprint density at radius 2 is 1.54 bits per heavy atom. The van der Waals surface area contributed by atoms with E-state index in [1.807, 2.05) is 0 Å². The van der Waals surface area contributed by atoms with E-state index in [1.165, 1.54) is 49.4 Å². The van der Waals surface area contributed by atoms with Gasteiger partial charge in [-0.25, -0.2) is 9.59 Å². The first-order valence-corrected chi connectivity index (χ1v) is 6.69. The minimum atomic E-state index is -1.33. The van der Waals surface area contributed by atoms with E-state index in [1.54, 1.807) is 0 Å². The molecule has 8 nitrogen and oxygen atoms in total. The average Bonchev–Trinajstić information content (AvgIpc) is 2.50. The second kappa shape index (κ2) is 7.14. The molecule has 124 valence electrons. The van der Waals surface area contributed by atoms with Crippen LogP contribution in [-0.4, -0.2) is 28.2 Å². The number of phenols is 1. The second-order valence-electron chi connectivity index (χ2n) is 4.59. The standard InChI is InChI=1S/C16H13NO7/c1-9(18)23-10-5-7-11(8-6-10)24-16(22)17-13-4-2-3-12(14(13)19)15(20)21/h2-8,19H,1H3,(H,17,22)(H,20,21). The Kier molecular flexibility index (Phi) is 5.00. The van der Waals surface area contributed by atoms with Gasteiger partial charge in [0.25, 0.3) is 0 Å². The number of rotatable bonds is 4. The van der Waals surface area contributed by atoms with E-state index in [2.05, 4.69) is 5.32 Å². The highest BCUT2D eigenvalue weighted by molar-refractivity contribution is 5.96. The normalized spacial score (nSPS) is 9.88. The highest BCUT2D eigenvalue weighted by Gasteiger charge is 2.15. The first-order chi connectivity index (χ1) is 11.4.